The molecule has 0 aromatic heterocycles. The summed E-state index contributed by atoms with van der Waals surface area (Å²) in [5.41, 5.74) is 0. The summed E-state index contributed by atoms with van der Waals surface area (Å²) in [5.74, 6) is 0. The van der Waals surface area contributed by atoms with Crippen molar-refractivity contribution in [2.45, 2.75) is 55.4 Å². The minimum atomic E-state index is 0. The fourth-order valence-corrected chi connectivity index (χ4v) is 13.6. The monoisotopic (exact) mass is 518 g/mol. The standard InChI is InChI=1S/2C10H24P2.Mo.4H/c2*1-5-11(6-2)9-10-12(7-3)8-4;;;;;/h2*5-10H2,1-4H3;;;;;/p+4. The van der Waals surface area contributed by atoms with Crippen LogP contribution in [-0.4, -0.2) is 73.9 Å². The van der Waals surface area contributed by atoms with Crippen LogP contribution >= 0.6 is 31.7 Å². The van der Waals surface area contributed by atoms with E-state index >= 15 is 0 Å². The van der Waals surface area contributed by atoms with Crippen LogP contribution < -0.4 is 0 Å². The third kappa shape index (κ3) is 19.5. The number of hydrogen-bond acceptors (Lipinski definition) is 0. The molecule has 0 aliphatic rings. The molecule has 0 amide bonds. The van der Waals surface area contributed by atoms with Gasteiger partial charge in [0.2, 0.25) is 0 Å². The minimum absolute atomic E-state index is 0. The first-order valence-corrected chi connectivity index (χ1v) is 19.4. The summed E-state index contributed by atoms with van der Waals surface area (Å²) < 4.78 is 0. The fraction of sp³-hybridized carbons (Fsp3) is 1.00. The maximum atomic E-state index is 2.38. The van der Waals surface area contributed by atoms with Gasteiger partial charge in [0.15, 0.2) is 0 Å². The van der Waals surface area contributed by atoms with E-state index in [1.807, 2.05) is 0 Å². The molecule has 0 saturated heterocycles. The summed E-state index contributed by atoms with van der Waals surface area (Å²) in [7, 11) is 0.349. The van der Waals surface area contributed by atoms with Gasteiger partial charge in [-0.25, -0.2) is 0 Å². The van der Waals surface area contributed by atoms with Gasteiger partial charge < -0.3 is 0 Å². The van der Waals surface area contributed by atoms with E-state index in [0.29, 0.717) is 0 Å². The molecule has 158 valence electrons. The van der Waals surface area contributed by atoms with Gasteiger partial charge in [-0.05, 0) is 55.4 Å². The zero-order valence-corrected chi connectivity index (χ0v) is 26.7. The van der Waals surface area contributed by atoms with Gasteiger partial charge in [0.1, 0.15) is 0 Å². The Morgan fingerprint density at radius 3 is 0.520 bits per heavy atom. The second-order valence-corrected chi connectivity index (χ2v) is 20.5. The Morgan fingerprint density at radius 2 is 0.440 bits per heavy atom. The van der Waals surface area contributed by atoms with Crippen molar-refractivity contribution in [2.75, 3.05) is 73.9 Å². The van der Waals surface area contributed by atoms with Gasteiger partial charge in [-0.15, -0.1) is 0 Å². The third-order valence-corrected chi connectivity index (χ3v) is 18.5. The molecule has 0 radical (unpaired) electrons. The predicted molar refractivity (Wildman–Crippen MR) is 143 cm³/mol. The van der Waals surface area contributed by atoms with Gasteiger partial charge in [-0.1, -0.05) is 0 Å². The van der Waals surface area contributed by atoms with Crippen LogP contribution in [0, 0.1) is 0 Å². The quantitative estimate of drug-likeness (QED) is 0.199. The van der Waals surface area contributed by atoms with E-state index in [9.17, 15) is 0 Å². The first-order chi connectivity index (χ1) is 11.6. The molecule has 0 fully saturated rings. The van der Waals surface area contributed by atoms with Crippen LogP contribution in [-0.2, 0) is 21.1 Å². The normalized spacial score (nSPS) is 11.0. The molecule has 0 aromatic rings. The van der Waals surface area contributed by atoms with Crippen LogP contribution in [0.15, 0.2) is 0 Å². The molecule has 0 unspecified atom stereocenters. The van der Waals surface area contributed by atoms with Crippen molar-refractivity contribution in [1.29, 1.82) is 0 Å². The predicted octanol–water partition coefficient (Wildman–Crippen LogP) is 5.92. The second kappa shape index (κ2) is 24.4. The Bertz CT molecular complexity index is 178. The second-order valence-electron chi connectivity index (χ2n) is 6.83. The van der Waals surface area contributed by atoms with Gasteiger partial charge in [0.05, 0.1) is 73.9 Å². The van der Waals surface area contributed by atoms with Crippen molar-refractivity contribution in [3.63, 3.8) is 0 Å². The van der Waals surface area contributed by atoms with E-state index in [-0.39, 0.29) is 52.8 Å². The van der Waals surface area contributed by atoms with Crippen molar-refractivity contribution < 1.29 is 21.1 Å². The van der Waals surface area contributed by atoms with E-state index < -0.39 is 0 Å². The summed E-state index contributed by atoms with van der Waals surface area (Å²) >= 11 is 0. The van der Waals surface area contributed by atoms with Crippen molar-refractivity contribution in [1.82, 2.24) is 0 Å². The Balaban J connectivity index is -0.000000372. The van der Waals surface area contributed by atoms with Crippen molar-refractivity contribution in [2.24, 2.45) is 0 Å². The molecule has 0 atom stereocenters. The van der Waals surface area contributed by atoms with Gasteiger partial charge in [-0.2, -0.15) is 0 Å². The summed E-state index contributed by atoms with van der Waals surface area (Å²) in [6.45, 7) is 19.0. The Hall–Kier alpha value is 2.41. The molecule has 0 bridgehead atoms. The first kappa shape index (κ1) is 32.1. The summed E-state index contributed by atoms with van der Waals surface area (Å²) in [5, 5.41) is 0. The molecule has 0 aromatic carbocycles. The average molecular weight is 517 g/mol. The zero-order chi connectivity index (χ0) is 18.8. The van der Waals surface area contributed by atoms with E-state index in [1.54, 1.807) is 24.6 Å². The van der Waals surface area contributed by atoms with Crippen LogP contribution in [0.3, 0.4) is 0 Å². The van der Waals surface area contributed by atoms with E-state index in [2.05, 4.69) is 55.4 Å². The molecule has 0 rings (SSSR count). The van der Waals surface area contributed by atoms with Crippen molar-refractivity contribution >= 4 is 31.7 Å². The molecule has 0 aliphatic heterocycles. The van der Waals surface area contributed by atoms with E-state index in [4.69, 9.17) is 0 Å². The van der Waals surface area contributed by atoms with Crippen LogP contribution in [0.2, 0.25) is 0 Å². The van der Waals surface area contributed by atoms with Crippen molar-refractivity contribution in [3.05, 3.63) is 0 Å². The molecule has 0 saturated carbocycles. The fourth-order valence-electron chi connectivity index (χ4n) is 3.12. The average Bonchev–Trinajstić information content (AvgIpc) is 2.63. The number of rotatable bonds is 14. The molecule has 0 aliphatic carbocycles. The SMILES string of the molecule is CC[PH+](CC)CC[PH+](CC)CC.CC[PH+](CC)CC[PH+](CC)CC.[MoH4]. The summed E-state index contributed by atoms with van der Waals surface area (Å²) in [4.78, 5) is 0. The van der Waals surface area contributed by atoms with Crippen molar-refractivity contribution in [3.8, 4) is 0 Å². The first-order valence-electron chi connectivity index (χ1n) is 10.9. The van der Waals surface area contributed by atoms with E-state index in [0.717, 1.165) is 0 Å². The molecule has 0 heterocycles. The van der Waals surface area contributed by atoms with Crippen LogP contribution in [0.5, 0.6) is 0 Å². The molecule has 0 spiro atoms. The Morgan fingerprint density at radius 1 is 0.320 bits per heavy atom. The number of hydrogen-bond donors (Lipinski definition) is 0. The summed E-state index contributed by atoms with van der Waals surface area (Å²) in [6.07, 6.45) is 18.3. The summed E-state index contributed by atoms with van der Waals surface area (Å²) in [6, 6.07) is 0. The molecular weight excluding hydrogens is 460 g/mol. The Kier molecular flexibility index (Phi) is 31.4. The van der Waals surface area contributed by atoms with Gasteiger partial charge >= 0.3 is 21.1 Å². The van der Waals surface area contributed by atoms with E-state index in [1.165, 1.54) is 49.3 Å². The van der Waals surface area contributed by atoms with Gasteiger partial charge in [0.25, 0.3) is 0 Å². The van der Waals surface area contributed by atoms with Crippen LogP contribution in [0.25, 0.3) is 0 Å². The molecule has 25 heavy (non-hydrogen) atoms. The topological polar surface area (TPSA) is 0 Å². The van der Waals surface area contributed by atoms with Gasteiger partial charge in [0, 0.05) is 31.7 Å². The van der Waals surface area contributed by atoms with Gasteiger partial charge in [-0.3, -0.25) is 0 Å². The molecule has 0 N–H and O–H groups in total. The molecule has 0 nitrogen and oxygen atoms in total. The molecule has 5 heteroatoms. The Labute approximate surface area is 181 Å². The molecular formula is C20H56MoP4+4. The van der Waals surface area contributed by atoms with Crippen LogP contribution in [0.4, 0.5) is 0 Å². The van der Waals surface area contributed by atoms with Crippen LogP contribution in [0.1, 0.15) is 55.4 Å². The zero-order valence-electron chi connectivity index (χ0n) is 19.2. The third-order valence-electron chi connectivity index (χ3n) is 5.66. The maximum absolute atomic E-state index is 2.38.